The van der Waals surface area contributed by atoms with E-state index in [-0.39, 0.29) is 11.7 Å². The third kappa shape index (κ3) is 1.86. The number of tetrazole rings is 1. The van der Waals surface area contributed by atoms with E-state index in [0.717, 1.165) is 5.82 Å². The van der Waals surface area contributed by atoms with Gasteiger partial charge in [0.2, 0.25) is 0 Å². The van der Waals surface area contributed by atoms with Gasteiger partial charge in [0.1, 0.15) is 0 Å². The summed E-state index contributed by atoms with van der Waals surface area (Å²) in [6.45, 7) is 1.34. The van der Waals surface area contributed by atoms with Gasteiger partial charge in [-0.3, -0.25) is 0 Å². The first-order valence-corrected chi connectivity index (χ1v) is 6.16. The monoisotopic (exact) mass is 287 g/mol. The smallest absolute Gasteiger partial charge is 0.358 e. The first kappa shape index (κ1) is 11.7. The maximum Gasteiger partial charge on any atom is 0.358 e. The Labute approximate surface area is 116 Å². The lowest BCUT2D eigenvalue weighted by atomic mass is 10.1. The van der Waals surface area contributed by atoms with Crippen LogP contribution in [-0.2, 0) is 0 Å². The van der Waals surface area contributed by atoms with Gasteiger partial charge in [0, 0.05) is 13.1 Å². The number of hydrogen-bond acceptors (Lipinski definition) is 8. The first-order chi connectivity index (χ1) is 10.2. The number of aromatic nitrogens is 8. The Morgan fingerprint density at radius 2 is 2.10 bits per heavy atom. The van der Waals surface area contributed by atoms with Crippen LogP contribution in [0.1, 0.15) is 16.5 Å². The molecule has 0 saturated carbocycles. The maximum absolute atomic E-state index is 10.8. The van der Waals surface area contributed by atoms with Gasteiger partial charge >= 0.3 is 5.97 Å². The zero-order valence-corrected chi connectivity index (χ0v) is 10.6. The molecule has 0 aliphatic carbocycles. The minimum atomic E-state index is -1.08. The van der Waals surface area contributed by atoms with E-state index < -0.39 is 5.97 Å². The Hall–Kier alpha value is -3.11. The second-order valence-electron chi connectivity index (χ2n) is 4.67. The molecular formula is C10H9N9O2. The van der Waals surface area contributed by atoms with Gasteiger partial charge in [-0.25, -0.2) is 9.48 Å². The number of aromatic carboxylic acids is 1. The summed E-state index contributed by atoms with van der Waals surface area (Å²) >= 11 is 0. The van der Waals surface area contributed by atoms with E-state index in [1.165, 1.54) is 10.8 Å². The van der Waals surface area contributed by atoms with E-state index in [9.17, 15) is 4.79 Å². The minimum Gasteiger partial charge on any atom is -0.476 e. The Bertz CT molecular complexity index is 819. The highest BCUT2D eigenvalue weighted by atomic mass is 16.4. The van der Waals surface area contributed by atoms with Gasteiger partial charge in [0.05, 0.1) is 12.2 Å². The molecule has 1 fully saturated rings. The number of rotatable bonds is 3. The van der Waals surface area contributed by atoms with E-state index in [4.69, 9.17) is 5.11 Å². The summed E-state index contributed by atoms with van der Waals surface area (Å²) in [4.78, 5) is 12.8. The maximum atomic E-state index is 10.8. The van der Waals surface area contributed by atoms with E-state index >= 15 is 0 Å². The second-order valence-corrected chi connectivity index (χ2v) is 4.67. The average Bonchev–Trinajstić information content (AvgIpc) is 3.04. The summed E-state index contributed by atoms with van der Waals surface area (Å²) in [6.07, 6.45) is 1.43. The van der Waals surface area contributed by atoms with Crippen LogP contribution in [0.5, 0.6) is 0 Å². The molecule has 1 N–H and O–H groups in total. The SMILES string of the molecule is O=C(O)c1cn(C2CN(c3ccc4nnnn4n3)C2)nn1. The lowest BCUT2D eigenvalue weighted by molar-refractivity contribution is 0.0690. The topological polar surface area (TPSA) is 127 Å². The van der Waals surface area contributed by atoms with Crippen molar-refractivity contribution < 1.29 is 9.90 Å². The molecule has 3 aromatic heterocycles. The number of carboxylic acid groups (broad SMARTS) is 1. The molecule has 4 rings (SSSR count). The van der Waals surface area contributed by atoms with Crippen molar-refractivity contribution >= 4 is 17.4 Å². The van der Waals surface area contributed by atoms with Crippen molar-refractivity contribution in [3.8, 4) is 0 Å². The molecule has 0 aromatic carbocycles. The van der Waals surface area contributed by atoms with Crippen LogP contribution in [0.25, 0.3) is 5.65 Å². The highest BCUT2D eigenvalue weighted by molar-refractivity contribution is 5.84. The first-order valence-electron chi connectivity index (χ1n) is 6.16. The number of anilines is 1. The zero-order valence-electron chi connectivity index (χ0n) is 10.6. The fraction of sp³-hybridized carbons (Fsp3) is 0.300. The van der Waals surface area contributed by atoms with Gasteiger partial charge in [0.15, 0.2) is 17.2 Å². The number of carbonyl (C=O) groups is 1. The minimum absolute atomic E-state index is 0.0540. The van der Waals surface area contributed by atoms with Crippen LogP contribution in [-0.4, -0.2) is 64.4 Å². The lowest BCUT2D eigenvalue weighted by Gasteiger charge is -2.39. The van der Waals surface area contributed by atoms with Crippen LogP contribution in [0, 0.1) is 0 Å². The summed E-state index contributed by atoms with van der Waals surface area (Å²) in [5.41, 5.74) is 0.528. The number of nitrogens with zero attached hydrogens (tertiary/aromatic N) is 9. The van der Waals surface area contributed by atoms with Gasteiger partial charge in [-0.1, -0.05) is 5.21 Å². The van der Waals surface area contributed by atoms with Crippen molar-refractivity contribution in [1.82, 2.24) is 40.2 Å². The molecule has 11 heteroatoms. The highest BCUT2D eigenvalue weighted by Crippen LogP contribution is 2.25. The van der Waals surface area contributed by atoms with Gasteiger partial charge in [0.25, 0.3) is 0 Å². The Kier molecular flexibility index (Phi) is 2.34. The molecule has 106 valence electrons. The molecule has 3 aromatic rings. The van der Waals surface area contributed by atoms with Crippen molar-refractivity contribution in [2.45, 2.75) is 6.04 Å². The molecule has 11 nitrogen and oxygen atoms in total. The van der Waals surface area contributed by atoms with Gasteiger partial charge in [-0.15, -0.1) is 19.9 Å². The molecule has 4 heterocycles. The van der Waals surface area contributed by atoms with Crippen molar-refractivity contribution in [2.75, 3.05) is 18.0 Å². The summed E-state index contributed by atoms with van der Waals surface area (Å²) in [5, 5.41) is 31.6. The van der Waals surface area contributed by atoms with Crippen molar-refractivity contribution in [3.63, 3.8) is 0 Å². The molecule has 0 bridgehead atoms. The van der Waals surface area contributed by atoms with Crippen LogP contribution < -0.4 is 4.90 Å². The molecule has 1 saturated heterocycles. The van der Waals surface area contributed by atoms with Crippen molar-refractivity contribution in [3.05, 3.63) is 24.0 Å². The summed E-state index contributed by atoms with van der Waals surface area (Å²) in [7, 11) is 0. The number of hydrogen-bond donors (Lipinski definition) is 1. The van der Waals surface area contributed by atoms with Gasteiger partial charge in [-0.05, 0) is 22.6 Å². The molecule has 1 aliphatic rings. The van der Waals surface area contributed by atoms with E-state index in [1.807, 2.05) is 11.0 Å². The van der Waals surface area contributed by atoms with Crippen LogP contribution >= 0.6 is 0 Å². The molecule has 0 spiro atoms. The molecule has 0 atom stereocenters. The predicted molar refractivity (Wildman–Crippen MR) is 66.8 cm³/mol. The molecule has 0 amide bonds. The standard InChI is InChI=1S/C10H9N9O2/c20-10(21)7-5-18(15-11-7)6-3-17(4-6)9-2-1-8-12-14-16-19(8)13-9/h1-2,5-6H,3-4H2,(H,20,21). The van der Waals surface area contributed by atoms with E-state index in [0.29, 0.717) is 18.7 Å². The number of fused-ring (bicyclic) bond motifs is 1. The molecular weight excluding hydrogens is 278 g/mol. The molecule has 1 aliphatic heterocycles. The average molecular weight is 287 g/mol. The molecule has 0 unspecified atom stereocenters. The van der Waals surface area contributed by atoms with Gasteiger partial charge in [-0.2, -0.15) is 0 Å². The third-order valence-corrected chi connectivity index (χ3v) is 3.35. The Morgan fingerprint density at radius 1 is 1.24 bits per heavy atom. The lowest BCUT2D eigenvalue weighted by Crippen LogP contribution is -2.48. The summed E-state index contributed by atoms with van der Waals surface area (Å²) < 4.78 is 2.93. The van der Waals surface area contributed by atoms with Crippen LogP contribution in [0.3, 0.4) is 0 Å². The van der Waals surface area contributed by atoms with Crippen molar-refractivity contribution in [1.29, 1.82) is 0 Å². The van der Waals surface area contributed by atoms with Crippen LogP contribution in [0.15, 0.2) is 18.3 Å². The fourth-order valence-electron chi connectivity index (χ4n) is 2.17. The predicted octanol–water partition coefficient (Wildman–Crippen LogP) is -1.13. The Balaban J connectivity index is 1.49. The summed E-state index contributed by atoms with van der Waals surface area (Å²) in [5.74, 6) is -0.326. The largest absolute Gasteiger partial charge is 0.476 e. The van der Waals surface area contributed by atoms with E-state index in [2.05, 4.69) is 30.9 Å². The third-order valence-electron chi connectivity index (χ3n) is 3.35. The highest BCUT2D eigenvalue weighted by Gasteiger charge is 2.31. The second kappa shape index (κ2) is 4.19. The number of carboxylic acids is 1. The normalized spacial score (nSPS) is 15.3. The molecule has 0 radical (unpaired) electrons. The Morgan fingerprint density at radius 3 is 2.86 bits per heavy atom. The fourth-order valence-corrected chi connectivity index (χ4v) is 2.17. The molecule has 21 heavy (non-hydrogen) atoms. The van der Waals surface area contributed by atoms with Crippen LogP contribution in [0.2, 0.25) is 0 Å². The van der Waals surface area contributed by atoms with Gasteiger partial charge < -0.3 is 10.0 Å². The zero-order chi connectivity index (χ0) is 14.4. The quantitative estimate of drug-likeness (QED) is 0.636. The van der Waals surface area contributed by atoms with Crippen molar-refractivity contribution in [2.24, 2.45) is 0 Å². The summed E-state index contributed by atoms with van der Waals surface area (Å²) in [6, 6.07) is 3.71. The van der Waals surface area contributed by atoms with E-state index in [1.54, 1.807) is 10.7 Å². The van der Waals surface area contributed by atoms with Crippen LogP contribution in [0.4, 0.5) is 5.82 Å².